The van der Waals surface area contributed by atoms with Crippen molar-refractivity contribution < 1.29 is 9.50 Å². The third kappa shape index (κ3) is 2.43. The highest BCUT2D eigenvalue weighted by Crippen LogP contribution is 2.39. The van der Waals surface area contributed by atoms with Gasteiger partial charge in [-0.1, -0.05) is 37.5 Å². The van der Waals surface area contributed by atoms with Gasteiger partial charge in [-0.3, -0.25) is 0 Å². The molecule has 0 saturated heterocycles. The fraction of sp³-hybridized carbons (Fsp3) is 0.571. The van der Waals surface area contributed by atoms with Crippen molar-refractivity contribution >= 4 is 0 Å². The molecule has 0 aromatic heterocycles. The molecule has 1 aromatic carbocycles. The molecule has 1 saturated carbocycles. The molecule has 0 spiro atoms. The Morgan fingerprint density at radius 1 is 1.12 bits per heavy atom. The summed E-state index contributed by atoms with van der Waals surface area (Å²) >= 11 is 0. The molecule has 1 nitrogen and oxygen atoms in total. The summed E-state index contributed by atoms with van der Waals surface area (Å²) in [5.41, 5.74) is 0.680. The summed E-state index contributed by atoms with van der Waals surface area (Å²) in [5, 5.41) is 9.57. The second-order valence-corrected chi connectivity index (χ2v) is 4.99. The SMILES string of the molecule is OCC1(Cc2ccccc2F)CCCCC1. The summed E-state index contributed by atoms with van der Waals surface area (Å²) in [7, 11) is 0. The maximum atomic E-state index is 13.6. The van der Waals surface area contributed by atoms with Crippen LogP contribution in [0.25, 0.3) is 0 Å². The Morgan fingerprint density at radius 2 is 1.81 bits per heavy atom. The maximum Gasteiger partial charge on any atom is 0.126 e. The highest BCUT2D eigenvalue weighted by molar-refractivity contribution is 5.19. The fourth-order valence-electron chi connectivity index (χ4n) is 2.74. The zero-order valence-electron chi connectivity index (χ0n) is 9.58. The molecule has 0 aliphatic heterocycles. The van der Waals surface area contributed by atoms with Crippen LogP contribution < -0.4 is 0 Å². The van der Waals surface area contributed by atoms with Gasteiger partial charge in [0.05, 0.1) is 0 Å². The van der Waals surface area contributed by atoms with Crippen LogP contribution in [0.15, 0.2) is 24.3 Å². The molecular weight excluding hydrogens is 203 g/mol. The van der Waals surface area contributed by atoms with Crippen molar-refractivity contribution in [3.63, 3.8) is 0 Å². The predicted molar refractivity (Wildman–Crippen MR) is 62.7 cm³/mol. The highest BCUT2D eigenvalue weighted by Gasteiger charge is 2.32. The summed E-state index contributed by atoms with van der Waals surface area (Å²) in [5.74, 6) is -0.138. The van der Waals surface area contributed by atoms with Crippen molar-refractivity contribution in [1.29, 1.82) is 0 Å². The molecule has 1 aliphatic carbocycles. The lowest BCUT2D eigenvalue weighted by Crippen LogP contribution is -2.31. The molecule has 88 valence electrons. The van der Waals surface area contributed by atoms with Crippen molar-refractivity contribution in [2.24, 2.45) is 5.41 Å². The van der Waals surface area contributed by atoms with Gasteiger partial charge in [-0.05, 0) is 36.3 Å². The number of hydrogen-bond donors (Lipinski definition) is 1. The molecule has 1 N–H and O–H groups in total. The largest absolute Gasteiger partial charge is 0.396 e. The Balaban J connectivity index is 2.15. The third-order valence-electron chi connectivity index (χ3n) is 3.77. The van der Waals surface area contributed by atoms with Gasteiger partial charge in [0.1, 0.15) is 5.82 Å². The second-order valence-electron chi connectivity index (χ2n) is 4.99. The van der Waals surface area contributed by atoms with E-state index in [2.05, 4.69) is 0 Å². The van der Waals surface area contributed by atoms with Gasteiger partial charge in [0.2, 0.25) is 0 Å². The molecule has 0 amide bonds. The van der Waals surface area contributed by atoms with E-state index in [1.54, 1.807) is 6.07 Å². The van der Waals surface area contributed by atoms with Crippen LogP contribution in [0, 0.1) is 11.2 Å². The fourth-order valence-corrected chi connectivity index (χ4v) is 2.74. The molecule has 1 aliphatic rings. The standard InChI is InChI=1S/C14H19FO/c15-13-7-3-2-6-12(13)10-14(11-16)8-4-1-5-9-14/h2-3,6-7,16H,1,4-5,8-11H2. The lowest BCUT2D eigenvalue weighted by molar-refractivity contribution is 0.0815. The number of halogens is 1. The van der Waals surface area contributed by atoms with Crippen molar-refractivity contribution in [2.75, 3.05) is 6.61 Å². The average molecular weight is 222 g/mol. The molecule has 1 fully saturated rings. The predicted octanol–water partition coefficient (Wildman–Crippen LogP) is 3.31. The van der Waals surface area contributed by atoms with E-state index in [1.165, 1.54) is 12.5 Å². The zero-order valence-corrected chi connectivity index (χ0v) is 9.58. The van der Waals surface area contributed by atoms with Gasteiger partial charge in [0.25, 0.3) is 0 Å². The quantitative estimate of drug-likeness (QED) is 0.831. The first-order valence-corrected chi connectivity index (χ1v) is 6.10. The lowest BCUT2D eigenvalue weighted by atomic mass is 9.71. The van der Waals surface area contributed by atoms with Crippen LogP contribution in [0.3, 0.4) is 0 Å². The van der Waals surface area contributed by atoms with Crippen LogP contribution >= 0.6 is 0 Å². The van der Waals surface area contributed by atoms with Crippen molar-refractivity contribution in [1.82, 2.24) is 0 Å². The Kier molecular flexibility index (Phi) is 3.59. The minimum Gasteiger partial charge on any atom is -0.396 e. The molecule has 0 atom stereocenters. The molecule has 0 bridgehead atoms. The first kappa shape index (κ1) is 11.6. The summed E-state index contributed by atoms with van der Waals surface area (Å²) < 4.78 is 13.6. The van der Waals surface area contributed by atoms with Gasteiger partial charge in [-0.15, -0.1) is 0 Å². The number of aliphatic hydroxyl groups excluding tert-OH is 1. The van der Waals surface area contributed by atoms with E-state index in [4.69, 9.17) is 0 Å². The topological polar surface area (TPSA) is 20.2 Å². The smallest absolute Gasteiger partial charge is 0.126 e. The molecule has 1 aromatic rings. The van der Waals surface area contributed by atoms with E-state index in [0.29, 0.717) is 6.42 Å². The van der Waals surface area contributed by atoms with Gasteiger partial charge >= 0.3 is 0 Å². The van der Waals surface area contributed by atoms with Crippen molar-refractivity contribution in [2.45, 2.75) is 38.5 Å². The van der Waals surface area contributed by atoms with Crippen LogP contribution in [0.2, 0.25) is 0 Å². The number of hydrogen-bond acceptors (Lipinski definition) is 1. The Hall–Kier alpha value is -0.890. The van der Waals surface area contributed by atoms with Gasteiger partial charge < -0.3 is 5.11 Å². The Bertz CT molecular complexity index is 342. The third-order valence-corrected chi connectivity index (χ3v) is 3.77. The molecule has 0 unspecified atom stereocenters. The number of benzene rings is 1. The van der Waals surface area contributed by atoms with E-state index >= 15 is 0 Å². The monoisotopic (exact) mass is 222 g/mol. The molecule has 2 rings (SSSR count). The molecule has 0 heterocycles. The zero-order chi connectivity index (χ0) is 11.4. The number of rotatable bonds is 3. The number of aliphatic hydroxyl groups is 1. The summed E-state index contributed by atoms with van der Waals surface area (Å²) in [6.07, 6.45) is 6.30. The first-order valence-electron chi connectivity index (χ1n) is 6.10. The Labute approximate surface area is 96.3 Å². The van der Waals surface area contributed by atoms with Crippen LogP contribution in [-0.2, 0) is 6.42 Å². The maximum absolute atomic E-state index is 13.6. The van der Waals surface area contributed by atoms with Crippen LogP contribution in [0.1, 0.15) is 37.7 Å². The van der Waals surface area contributed by atoms with Gasteiger partial charge in [-0.25, -0.2) is 4.39 Å². The van der Waals surface area contributed by atoms with Crippen LogP contribution in [0.4, 0.5) is 4.39 Å². The van der Waals surface area contributed by atoms with E-state index in [0.717, 1.165) is 31.2 Å². The lowest BCUT2D eigenvalue weighted by Gasteiger charge is -2.35. The minimum atomic E-state index is -0.138. The normalized spacial score (nSPS) is 19.6. The molecular formula is C14H19FO. The van der Waals surface area contributed by atoms with Crippen molar-refractivity contribution in [3.8, 4) is 0 Å². The van der Waals surface area contributed by atoms with E-state index in [9.17, 15) is 9.50 Å². The highest BCUT2D eigenvalue weighted by atomic mass is 19.1. The van der Waals surface area contributed by atoms with Gasteiger partial charge in [-0.2, -0.15) is 0 Å². The minimum absolute atomic E-state index is 0.0690. The molecule has 2 heteroatoms. The summed E-state index contributed by atoms with van der Waals surface area (Å²) in [6.45, 7) is 0.182. The van der Waals surface area contributed by atoms with Crippen LogP contribution in [0.5, 0.6) is 0 Å². The summed E-state index contributed by atoms with van der Waals surface area (Å²) in [4.78, 5) is 0. The summed E-state index contributed by atoms with van der Waals surface area (Å²) in [6, 6.07) is 6.92. The van der Waals surface area contributed by atoms with E-state index < -0.39 is 0 Å². The second kappa shape index (κ2) is 4.96. The first-order chi connectivity index (χ1) is 7.76. The van der Waals surface area contributed by atoms with Crippen molar-refractivity contribution in [3.05, 3.63) is 35.6 Å². The Morgan fingerprint density at radius 3 is 2.44 bits per heavy atom. The molecule has 0 radical (unpaired) electrons. The average Bonchev–Trinajstić information content (AvgIpc) is 2.33. The van der Waals surface area contributed by atoms with Gasteiger partial charge in [0.15, 0.2) is 0 Å². The molecule has 16 heavy (non-hydrogen) atoms. The van der Waals surface area contributed by atoms with Crippen LogP contribution in [-0.4, -0.2) is 11.7 Å². The van der Waals surface area contributed by atoms with E-state index in [-0.39, 0.29) is 17.8 Å². The van der Waals surface area contributed by atoms with Gasteiger partial charge in [0, 0.05) is 6.61 Å². The van der Waals surface area contributed by atoms with E-state index in [1.807, 2.05) is 12.1 Å².